The fourth-order valence-corrected chi connectivity index (χ4v) is 1.58. The van der Waals surface area contributed by atoms with Crippen LogP contribution in [0.15, 0.2) is 18.2 Å². The predicted octanol–water partition coefficient (Wildman–Crippen LogP) is 3.42. The molecule has 0 aliphatic rings. The molecule has 0 aromatic heterocycles. The number of nitrogens with zero attached hydrogens (tertiary/aromatic N) is 1. The van der Waals surface area contributed by atoms with Crippen molar-refractivity contribution in [3.63, 3.8) is 0 Å². The molecule has 0 radical (unpaired) electrons. The molecule has 90 valence electrons. The molecule has 0 heterocycles. The first kappa shape index (κ1) is 13.8. The maximum atomic E-state index is 11.9. The molecule has 1 atom stereocenters. The molecule has 17 heavy (non-hydrogen) atoms. The summed E-state index contributed by atoms with van der Waals surface area (Å²) in [5.74, 6) is -0.400. The van der Waals surface area contributed by atoms with Gasteiger partial charge in [0.25, 0.3) is 5.91 Å². The number of hydrogen-bond acceptors (Lipinski definition) is 2. The van der Waals surface area contributed by atoms with Gasteiger partial charge in [-0.25, -0.2) is 0 Å². The number of benzene rings is 1. The molecule has 0 saturated carbocycles. The Morgan fingerprint density at radius 3 is 2.71 bits per heavy atom. The van der Waals surface area contributed by atoms with Gasteiger partial charge >= 0.3 is 0 Å². The number of carbonyl (C=O) groups is 1. The van der Waals surface area contributed by atoms with Gasteiger partial charge in [0.15, 0.2) is 0 Å². The van der Waals surface area contributed by atoms with Crippen LogP contribution < -0.4 is 5.32 Å². The highest BCUT2D eigenvalue weighted by molar-refractivity contribution is 6.43. The minimum absolute atomic E-state index is 0.197. The van der Waals surface area contributed by atoms with E-state index in [0.29, 0.717) is 11.4 Å². The molecular weight excluding hydrogens is 259 g/mol. The second kappa shape index (κ2) is 5.39. The standard InChI is InChI=1S/C12H12Cl2N2O/c1-3-12(2,7-15)16-11(17)8-5-4-6-9(13)10(8)14/h4-6H,3H2,1-2H3,(H,16,17). The number of nitriles is 1. The van der Waals surface area contributed by atoms with Crippen molar-refractivity contribution in [2.24, 2.45) is 0 Å². The van der Waals surface area contributed by atoms with Crippen LogP contribution in [0.1, 0.15) is 30.6 Å². The van der Waals surface area contributed by atoms with Crippen LogP contribution in [-0.2, 0) is 0 Å². The second-order valence-corrected chi connectivity index (χ2v) is 4.64. The molecule has 0 spiro atoms. The molecule has 1 aromatic carbocycles. The van der Waals surface area contributed by atoms with Crippen LogP contribution in [0.25, 0.3) is 0 Å². The van der Waals surface area contributed by atoms with Gasteiger partial charge in [0.2, 0.25) is 0 Å². The molecule has 1 unspecified atom stereocenters. The molecule has 1 aromatic rings. The van der Waals surface area contributed by atoms with E-state index in [2.05, 4.69) is 11.4 Å². The Morgan fingerprint density at radius 2 is 2.18 bits per heavy atom. The average molecular weight is 271 g/mol. The van der Waals surface area contributed by atoms with Gasteiger partial charge in [-0.05, 0) is 25.5 Å². The zero-order chi connectivity index (χ0) is 13.1. The van der Waals surface area contributed by atoms with E-state index < -0.39 is 11.4 Å². The number of amides is 1. The van der Waals surface area contributed by atoms with Crippen molar-refractivity contribution in [3.05, 3.63) is 33.8 Å². The highest BCUT2D eigenvalue weighted by Gasteiger charge is 2.25. The topological polar surface area (TPSA) is 52.9 Å². The third kappa shape index (κ3) is 3.12. The van der Waals surface area contributed by atoms with Crippen molar-refractivity contribution < 1.29 is 4.79 Å². The maximum Gasteiger partial charge on any atom is 0.254 e. The lowest BCUT2D eigenvalue weighted by Crippen LogP contribution is -2.44. The van der Waals surface area contributed by atoms with E-state index in [1.807, 2.05) is 6.92 Å². The van der Waals surface area contributed by atoms with Gasteiger partial charge in [-0.15, -0.1) is 0 Å². The molecule has 1 N–H and O–H groups in total. The highest BCUT2D eigenvalue weighted by Crippen LogP contribution is 2.25. The number of carbonyl (C=O) groups excluding carboxylic acids is 1. The summed E-state index contributed by atoms with van der Waals surface area (Å²) < 4.78 is 0. The van der Waals surface area contributed by atoms with E-state index in [1.54, 1.807) is 25.1 Å². The highest BCUT2D eigenvalue weighted by atomic mass is 35.5. The van der Waals surface area contributed by atoms with Crippen LogP contribution in [0.2, 0.25) is 10.0 Å². The summed E-state index contributed by atoms with van der Waals surface area (Å²) in [6.45, 7) is 3.48. The minimum Gasteiger partial charge on any atom is -0.334 e. The summed E-state index contributed by atoms with van der Waals surface area (Å²) in [6, 6.07) is 6.86. The first-order valence-electron chi connectivity index (χ1n) is 5.11. The van der Waals surface area contributed by atoms with E-state index in [9.17, 15) is 4.79 Å². The quantitative estimate of drug-likeness (QED) is 0.915. The van der Waals surface area contributed by atoms with Crippen LogP contribution in [0, 0.1) is 11.3 Å². The fraction of sp³-hybridized carbons (Fsp3) is 0.333. The Hall–Kier alpha value is -1.24. The minimum atomic E-state index is -0.900. The Morgan fingerprint density at radius 1 is 1.53 bits per heavy atom. The van der Waals surface area contributed by atoms with Crippen molar-refractivity contribution in [1.82, 2.24) is 5.32 Å². The molecule has 5 heteroatoms. The van der Waals surface area contributed by atoms with Crippen LogP contribution in [0.4, 0.5) is 0 Å². The van der Waals surface area contributed by atoms with Crippen molar-refractivity contribution in [1.29, 1.82) is 5.26 Å². The summed E-state index contributed by atoms with van der Waals surface area (Å²) in [4.78, 5) is 11.9. The normalized spacial score (nSPS) is 13.6. The van der Waals surface area contributed by atoms with Gasteiger partial charge in [0, 0.05) is 0 Å². The van der Waals surface area contributed by atoms with Crippen LogP contribution in [0.3, 0.4) is 0 Å². The van der Waals surface area contributed by atoms with Gasteiger partial charge in [0.1, 0.15) is 5.54 Å². The molecule has 0 aliphatic carbocycles. The molecule has 0 aliphatic heterocycles. The first-order valence-corrected chi connectivity index (χ1v) is 5.87. The summed E-state index contributed by atoms with van der Waals surface area (Å²) >= 11 is 11.7. The summed E-state index contributed by atoms with van der Waals surface area (Å²) in [5, 5.41) is 12.1. The van der Waals surface area contributed by atoms with Crippen LogP contribution >= 0.6 is 23.2 Å². The largest absolute Gasteiger partial charge is 0.334 e. The molecule has 0 bridgehead atoms. The van der Waals surface area contributed by atoms with Gasteiger partial charge in [-0.1, -0.05) is 36.2 Å². The molecule has 0 fully saturated rings. The Kier molecular flexibility index (Phi) is 4.39. The van der Waals surface area contributed by atoms with E-state index in [0.717, 1.165) is 0 Å². The first-order chi connectivity index (χ1) is 7.93. The monoisotopic (exact) mass is 270 g/mol. The Balaban J connectivity index is 2.99. The van der Waals surface area contributed by atoms with Crippen molar-refractivity contribution in [3.8, 4) is 6.07 Å². The fourth-order valence-electron chi connectivity index (χ4n) is 1.19. The molecule has 3 nitrogen and oxygen atoms in total. The summed E-state index contributed by atoms with van der Waals surface area (Å²) in [7, 11) is 0. The predicted molar refractivity (Wildman–Crippen MR) is 68.2 cm³/mol. The third-order valence-corrected chi connectivity index (χ3v) is 3.36. The van der Waals surface area contributed by atoms with E-state index >= 15 is 0 Å². The molecule has 1 amide bonds. The van der Waals surface area contributed by atoms with E-state index in [-0.39, 0.29) is 10.6 Å². The number of halogens is 2. The Bertz CT molecular complexity index is 482. The summed E-state index contributed by atoms with van der Waals surface area (Å²) in [6.07, 6.45) is 0.507. The van der Waals surface area contributed by atoms with Gasteiger partial charge in [-0.2, -0.15) is 5.26 Å². The summed E-state index contributed by atoms with van der Waals surface area (Å²) in [5.41, 5.74) is -0.628. The Labute approximate surface area is 110 Å². The number of nitrogens with one attached hydrogen (secondary N) is 1. The smallest absolute Gasteiger partial charge is 0.254 e. The maximum absolute atomic E-state index is 11.9. The molecule has 1 rings (SSSR count). The van der Waals surface area contributed by atoms with Crippen LogP contribution in [0.5, 0.6) is 0 Å². The third-order valence-electron chi connectivity index (χ3n) is 2.54. The van der Waals surface area contributed by atoms with Gasteiger partial charge in [-0.3, -0.25) is 4.79 Å². The zero-order valence-corrected chi connectivity index (χ0v) is 11.1. The molecule has 0 saturated heterocycles. The van der Waals surface area contributed by atoms with Crippen LogP contribution in [-0.4, -0.2) is 11.4 Å². The lowest BCUT2D eigenvalue weighted by molar-refractivity contribution is 0.0923. The van der Waals surface area contributed by atoms with Gasteiger partial charge < -0.3 is 5.32 Å². The number of hydrogen-bond donors (Lipinski definition) is 1. The van der Waals surface area contributed by atoms with Crippen molar-refractivity contribution in [2.75, 3.05) is 0 Å². The van der Waals surface area contributed by atoms with Crippen molar-refractivity contribution >= 4 is 29.1 Å². The van der Waals surface area contributed by atoms with E-state index in [4.69, 9.17) is 28.5 Å². The van der Waals surface area contributed by atoms with Crippen molar-refractivity contribution in [2.45, 2.75) is 25.8 Å². The SMILES string of the molecule is CCC(C)(C#N)NC(=O)c1cccc(Cl)c1Cl. The number of rotatable bonds is 3. The zero-order valence-electron chi connectivity index (χ0n) is 9.55. The van der Waals surface area contributed by atoms with E-state index in [1.165, 1.54) is 0 Å². The average Bonchev–Trinajstić information content (AvgIpc) is 2.32. The second-order valence-electron chi connectivity index (χ2n) is 3.85. The van der Waals surface area contributed by atoms with Gasteiger partial charge in [0.05, 0.1) is 21.7 Å². The molecular formula is C12H12Cl2N2O. The lowest BCUT2D eigenvalue weighted by Gasteiger charge is -2.21. The lowest BCUT2D eigenvalue weighted by atomic mass is 10.0.